The van der Waals surface area contributed by atoms with Gasteiger partial charge in [-0.25, -0.2) is 4.79 Å². The zero-order chi connectivity index (χ0) is 17.1. The van der Waals surface area contributed by atoms with Gasteiger partial charge in [0.1, 0.15) is 0 Å². The van der Waals surface area contributed by atoms with E-state index in [4.69, 9.17) is 4.74 Å². The predicted molar refractivity (Wildman–Crippen MR) is 98.6 cm³/mol. The fraction of sp³-hybridized carbons (Fsp3) is 0.333. The van der Waals surface area contributed by atoms with E-state index in [9.17, 15) is 9.59 Å². The standard InChI is InChI=1S/C18H18BrNO3S/c1-11-6-7-12-13(10-24-16(12)8-11)18(22)23-9-17(21)20-15-5-3-2-4-14(15)19/h2-5,10-11H,6-9H2,1H3,(H,20,21). The van der Waals surface area contributed by atoms with Gasteiger partial charge in [-0.05, 0) is 58.8 Å². The van der Waals surface area contributed by atoms with Gasteiger partial charge in [0, 0.05) is 14.7 Å². The maximum Gasteiger partial charge on any atom is 0.339 e. The fourth-order valence-corrected chi connectivity index (χ4v) is 4.42. The van der Waals surface area contributed by atoms with Gasteiger partial charge in [-0.1, -0.05) is 19.1 Å². The molecule has 1 aliphatic carbocycles. The number of hydrogen-bond acceptors (Lipinski definition) is 4. The van der Waals surface area contributed by atoms with Crippen molar-refractivity contribution in [1.29, 1.82) is 0 Å². The Morgan fingerprint density at radius 3 is 2.96 bits per heavy atom. The average molecular weight is 408 g/mol. The Morgan fingerprint density at radius 1 is 1.38 bits per heavy atom. The van der Waals surface area contributed by atoms with E-state index in [0.29, 0.717) is 17.2 Å². The van der Waals surface area contributed by atoms with E-state index in [0.717, 1.165) is 29.3 Å². The van der Waals surface area contributed by atoms with Crippen molar-refractivity contribution < 1.29 is 14.3 Å². The minimum absolute atomic E-state index is 0.290. The van der Waals surface area contributed by atoms with Gasteiger partial charge in [-0.15, -0.1) is 11.3 Å². The lowest BCUT2D eigenvalue weighted by atomic mass is 9.88. The van der Waals surface area contributed by atoms with Gasteiger partial charge in [0.25, 0.3) is 5.91 Å². The van der Waals surface area contributed by atoms with Crippen molar-refractivity contribution in [3.63, 3.8) is 0 Å². The maximum absolute atomic E-state index is 12.3. The molecule has 0 fully saturated rings. The molecule has 0 bridgehead atoms. The van der Waals surface area contributed by atoms with Crippen LogP contribution in [0.1, 0.15) is 34.1 Å². The molecule has 1 atom stereocenters. The van der Waals surface area contributed by atoms with Crippen molar-refractivity contribution in [2.24, 2.45) is 5.92 Å². The van der Waals surface area contributed by atoms with Crippen LogP contribution >= 0.6 is 27.3 Å². The summed E-state index contributed by atoms with van der Waals surface area (Å²) in [7, 11) is 0. The lowest BCUT2D eigenvalue weighted by Gasteiger charge is -2.18. The Hall–Kier alpha value is -1.66. The number of carbonyl (C=O) groups is 2. The van der Waals surface area contributed by atoms with Gasteiger partial charge >= 0.3 is 5.97 Å². The van der Waals surface area contributed by atoms with Crippen molar-refractivity contribution >= 4 is 44.8 Å². The molecule has 0 radical (unpaired) electrons. The highest BCUT2D eigenvalue weighted by Crippen LogP contribution is 2.33. The Labute approximate surface area is 153 Å². The minimum Gasteiger partial charge on any atom is -0.452 e. The lowest BCUT2D eigenvalue weighted by Crippen LogP contribution is -2.21. The van der Waals surface area contributed by atoms with Crippen LogP contribution in [-0.4, -0.2) is 18.5 Å². The smallest absolute Gasteiger partial charge is 0.339 e. The Bertz CT molecular complexity index is 771. The minimum atomic E-state index is -0.413. The highest BCUT2D eigenvalue weighted by Gasteiger charge is 2.24. The number of fused-ring (bicyclic) bond motifs is 1. The van der Waals surface area contributed by atoms with Crippen LogP contribution < -0.4 is 5.32 Å². The molecule has 1 amide bonds. The summed E-state index contributed by atoms with van der Waals surface area (Å²) in [6.45, 7) is 1.94. The third-order valence-corrected chi connectivity index (χ3v) is 5.85. The van der Waals surface area contributed by atoms with E-state index in [-0.39, 0.29) is 12.5 Å². The summed E-state index contributed by atoms with van der Waals surface area (Å²) >= 11 is 4.98. The van der Waals surface area contributed by atoms with Gasteiger partial charge < -0.3 is 10.1 Å². The number of nitrogens with one attached hydrogen (secondary N) is 1. The second-order valence-corrected chi connectivity index (χ2v) is 7.82. The topological polar surface area (TPSA) is 55.4 Å². The third kappa shape index (κ3) is 3.87. The molecule has 1 aromatic carbocycles. The zero-order valence-electron chi connectivity index (χ0n) is 13.3. The first-order valence-corrected chi connectivity index (χ1v) is 9.52. The molecule has 1 N–H and O–H groups in total. The average Bonchev–Trinajstić information content (AvgIpc) is 2.98. The van der Waals surface area contributed by atoms with Crippen molar-refractivity contribution in [2.75, 3.05) is 11.9 Å². The molecule has 0 spiro atoms. The summed E-state index contributed by atoms with van der Waals surface area (Å²) in [5.41, 5.74) is 2.38. The lowest BCUT2D eigenvalue weighted by molar-refractivity contribution is -0.119. The second-order valence-electron chi connectivity index (χ2n) is 6.00. The van der Waals surface area contributed by atoms with Crippen LogP contribution in [0.15, 0.2) is 34.1 Å². The second kappa shape index (κ2) is 7.49. The van der Waals surface area contributed by atoms with Crippen LogP contribution in [0.2, 0.25) is 0 Å². The summed E-state index contributed by atoms with van der Waals surface area (Å²) < 4.78 is 5.98. The van der Waals surface area contributed by atoms with Crippen LogP contribution in [0.25, 0.3) is 0 Å². The summed E-state index contributed by atoms with van der Waals surface area (Å²) in [6, 6.07) is 7.30. The normalized spacial score (nSPS) is 16.3. The van der Waals surface area contributed by atoms with Crippen LogP contribution in [0.5, 0.6) is 0 Å². The van der Waals surface area contributed by atoms with Crippen molar-refractivity contribution in [3.05, 3.63) is 50.1 Å². The monoisotopic (exact) mass is 407 g/mol. The fourth-order valence-electron chi connectivity index (χ4n) is 2.81. The number of thiophene rings is 1. The van der Waals surface area contributed by atoms with Gasteiger partial charge in [-0.3, -0.25) is 4.79 Å². The molecule has 6 heteroatoms. The number of esters is 1. The summed E-state index contributed by atoms with van der Waals surface area (Å²) in [4.78, 5) is 25.5. The largest absolute Gasteiger partial charge is 0.452 e. The molecule has 4 nitrogen and oxygen atoms in total. The summed E-state index contributed by atoms with van der Waals surface area (Å²) in [5, 5.41) is 4.58. The van der Waals surface area contributed by atoms with E-state index in [1.165, 1.54) is 4.88 Å². The third-order valence-electron chi connectivity index (χ3n) is 4.10. The molecular weight excluding hydrogens is 390 g/mol. The van der Waals surface area contributed by atoms with Crippen molar-refractivity contribution in [3.8, 4) is 0 Å². The molecule has 126 valence electrons. The first kappa shape index (κ1) is 17.2. The maximum atomic E-state index is 12.3. The number of carbonyl (C=O) groups excluding carboxylic acids is 2. The van der Waals surface area contributed by atoms with E-state index < -0.39 is 5.97 Å². The Morgan fingerprint density at radius 2 is 2.17 bits per heavy atom. The molecule has 0 saturated carbocycles. The van der Waals surface area contributed by atoms with Crippen LogP contribution in [-0.2, 0) is 22.4 Å². The number of benzene rings is 1. The molecule has 2 aromatic rings. The van der Waals surface area contributed by atoms with Gasteiger partial charge in [0.05, 0.1) is 11.3 Å². The number of amides is 1. The summed E-state index contributed by atoms with van der Waals surface area (Å²) in [5.74, 6) is -0.104. The zero-order valence-corrected chi connectivity index (χ0v) is 15.7. The molecule has 1 heterocycles. The first-order valence-electron chi connectivity index (χ1n) is 7.85. The Balaban J connectivity index is 1.58. The number of hydrogen-bond donors (Lipinski definition) is 1. The molecule has 0 aliphatic heterocycles. The highest BCUT2D eigenvalue weighted by molar-refractivity contribution is 9.10. The van der Waals surface area contributed by atoms with Crippen LogP contribution in [0.4, 0.5) is 5.69 Å². The summed E-state index contributed by atoms with van der Waals surface area (Å²) in [6.07, 6.45) is 3.02. The molecule has 3 rings (SSSR count). The number of anilines is 1. The van der Waals surface area contributed by atoms with E-state index in [1.807, 2.05) is 23.6 Å². The molecule has 1 unspecified atom stereocenters. The van der Waals surface area contributed by atoms with E-state index >= 15 is 0 Å². The molecular formula is C18H18BrNO3S. The van der Waals surface area contributed by atoms with Gasteiger partial charge in [-0.2, -0.15) is 0 Å². The van der Waals surface area contributed by atoms with Gasteiger partial charge in [0.15, 0.2) is 6.61 Å². The Kier molecular flexibility index (Phi) is 5.36. The first-order chi connectivity index (χ1) is 11.5. The molecule has 1 aliphatic rings. The van der Waals surface area contributed by atoms with Crippen molar-refractivity contribution in [2.45, 2.75) is 26.2 Å². The SMILES string of the molecule is CC1CCc2c(C(=O)OCC(=O)Nc3ccccc3Br)csc2C1. The number of halogens is 1. The quantitative estimate of drug-likeness (QED) is 0.762. The molecule has 0 saturated heterocycles. The highest BCUT2D eigenvalue weighted by atomic mass is 79.9. The van der Waals surface area contributed by atoms with E-state index in [2.05, 4.69) is 28.2 Å². The number of para-hydroxylation sites is 1. The molecule has 1 aromatic heterocycles. The van der Waals surface area contributed by atoms with Crippen LogP contribution in [0, 0.1) is 5.92 Å². The predicted octanol–water partition coefficient (Wildman–Crippen LogP) is 4.43. The van der Waals surface area contributed by atoms with Crippen molar-refractivity contribution in [1.82, 2.24) is 0 Å². The van der Waals surface area contributed by atoms with Crippen LogP contribution in [0.3, 0.4) is 0 Å². The number of ether oxygens (including phenoxy) is 1. The van der Waals surface area contributed by atoms with Gasteiger partial charge in [0.2, 0.25) is 0 Å². The van der Waals surface area contributed by atoms with E-state index in [1.54, 1.807) is 17.4 Å². The number of rotatable bonds is 4. The molecule has 24 heavy (non-hydrogen) atoms.